The lowest BCUT2D eigenvalue weighted by molar-refractivity contribution is 0.296. The monoisotopic (exact) mass is 303 g/mol. The highest BCUT2D eigenvalue weighted by atomic mass is 32.2. The van der Waals surface area contributed by atoms with Gasteiger partial charge >= 0.3 is 0 Å². The minimum atomic E-state index is -3.41. The first kappa shape index (κ1) is 16.5. The molecular formula is C13H21NO3S2. The van der Waals surface area contributed by atoms with Crippen LogP contribution in [0, 0.1) is 13.8 Å². The zero-order chi connectivity index (χ0) is 14.3. The van der Waals surface area contributed by atoms with E-state index in [-0.39, 0.29) is 6.61 Å². The van der Waals surface area contributed by atoms with Gasteiger partial charge in [-0.05, 0) is 37.7 Å². The van der Waals surface area contributed by atoms with Crippen LogP contribution in [-0.2, 0) is 10.0 Å². The Morgan fingerprint density at radius 2 is 2.00 bits per heavy atom. The molecule has 1 rings (SSSR count). The van der Waals surface area contributed by atoms with Crippen molar-refractivity contribution >= 4 is 21.8 Å². The fourth-order valence-electron chi connectivity index (χ4n) is 1.70. The van der Waals surface area contributed by atoms with Gasteiger partial charge in [-0.3, -0.25) is 0 Å². The van der Waals surface area contributed by atoms with Gasteiger partial charge in [0.05, 0.1) is 4.90 Å². The first-order chi connectivity index (χ1) is 8.97. The highest BCUT2D eigenvalue weighted by molar-refractivity contribution is 7.99. The summed E-state index contributed by atoms with van der Waals surface area (Å²) in [5.41, 5.74) is 1.82. The Bertz CT molecular complexity index is 501. The smallest absolute Gasteiger partial charge is 0.240 e. The number of sulfonamides is 1. The second-order valence-corrected chi connectivity index (χ2v) is 7.32. The van der Waals surface area contributed by atoms with E-state index in [1.54, 1.807) is 30.8 Å². The molecule has 0 aliphatic heterocycles. The summed E-state index contributed by atoms with van der Waals surface area (Å²) in [6.45, 7) is 4.33. The summed E-state index contributed by atoms with van der Waals surface area (Å²) in [5, 5.41) is 8.63. The van der Waals surface area contributed by atoms with Crippen molar-refractivity contribution in [3.8, 4) is 0 Å². The fraction of sp³-hybridized carbons (Fsp3) is 0.538. The van der Waals surface area contributed by atoms with Gasteiger partial charge in [0.2, 0.25) is 10.0 Å². The average Bonchev–Trinajstić information content (AvgIpc) is 2.33. The van der Waals surface area contributed by atoms with Crippen LogP contribution in [0.15, 0.2) is 23.1 Å². The van der Waals surface area contributed by atoms with Crippen molar-refractivity contribution in [3.63, 3.8) is 0 Å². The van der Waals surface area contributed by atoms with Crippen LogP contribution in [0.25, 0.3) is 0 Å². The summed E-state index contributed by atoms with van der Waals surface area (Å²) in [7, 11) is -3.41. The molecule has 1 aromatic carbocycles. The molecule has 0 radical (unpaired) electrons. The molecule has 0 fully saturated rings. The molecule has 19 heavy (non-hydrogen) atoms. The number of benzene rings is 1. The molecule has 0 aromatic heterocycles. The number of hydrogen-bond donors (Lipinski definition) is 2. The molecule has 0 amide bonds. The van der Waals surface area contributed by atoms with Gasteiger partial charge in [-0.2, -0.15) is 11.8 Å². The summed E-state index contributed by atoms with van der Waals surface area (Å²) in [4.78, 5) is 0.346. The molecule has 0 saturated carbocycles. The number of thioether (sulfide) groups is 1. The number of aliphatic hydroxyl groups excluding tert-OH is 1. The maximum absolute atomic E-state index is 12.1. The van der Waals surface area contributed by atoms with Crippen molar-refractivity contribution < 1.29 is 13.5 Å². The molecule has 4 nitrogen and oxygen atoms in total. The lowest BCUT2D eigenvalue weighted by Gasteiger charge is -2.09. The van der Waals surface area contributed by atoms with Crippen LogP contribution >= 0.6 is 11.8 Å². The number of aryl methyl sites for hydroxylation is 2. The Morgan fingerprint density at radius 1 is 1.26 bits per heavy atom. The topological polar surface area (TPSA) is 66.4 Å². The van der Waals surface area contributed by atoms with Crippen molar-refractivity contribution in [2.24, 2.45) is 0 Å². The van der Waals surface area contributed by atoms with E-state index in [1.807, 2.05) is 13.0 Å². The molecule has 6 heteroatoms. The van der Waals surface area contributed by atoms with E-state index in [9.17, 15) is 8.42 Å². The third-order valence-electron chi connectivity index (χ3n) is 2.61. The highest BCUT2D eigenvalue weighted by Crippen LogP contribution is 2.16. The van der Waals surface area contributed by atoms with Crippen LogP contribution in [0.5, 0.6) is 0 Å². The van der Waals surface area contributed by atoms with Crippen LogP contribution in [0.2, 0.25) is 0 Å². The quantitative estimate of drug-likeness (QED) is 0.717. The summed E-state index contributed by atoms with van der Waals surface area (Å²) >= 11 is 1.63. The van der Waals surface area contributed by atoms with E-state index in [0.717, 1.165) is 23.3 Å². The van der Waals surface area contributed by atoms with Crippen LogP contribution < -0.4 is 4.72 Å². The van der Waals surface area contributed by atoms with E-state index < -0.39 is 10.0 Å². The Morgan fingerprint density at radius 3 is 2.63 bits per heavy atom. The summed E-state index contributed by atoms with van der Waals surface area (Å²) in [6.07, 6.45) is 0.745. The highest BCUT2D eigenvalue weighted by Gasteiger charge is 2.15. The minimum Gasteiger partial charge on any atom is -0.396 e. The normalized spacial score (nSPS) is 11.7. The zero-order valence-electron chi connectivity index (χ0n) is 11.3. The average molecular weight is 303 g/mol. The lowest BCUT2D eigenvalue weighted by atomic mass is 10.2. The van der Waals surface area contributed by atoms with Gasteiger partial charge in [0.25, 0.3) is 0 Å². The van der Waals surface area contributed by atoms with Gasteiger partial charge in [-0.25, -0.2) is 13.1 Å². The molecule has 108 valence electrons. The number of aliphatic hydroxyl groups is 1. The SMILES string of the molecule is Cc1ccc(S(=O)(=O)NCCSCCCO)c(C)c1. The molecule has 0 bridgehead atoms. The summed E-state index contributed by atoms with van der Waals surface area (Å²) < 4.78 is 26.8. The van der Waals surface area contributed by atoms with Gasteiger partial charge in [0.1, 0.15) is 0 Å². The Kier molecular flexibility index (Phi) is 6.85. The van der Waals surface area contributed by atoms with E-state index in [4.69, 9.17) is 5.11 Å². The molecular weight excluding hydrogens is 282 g/mol. The third-order valence-corrected chi connectivity index (χ3v) is 5.30. The number of hydrogen-bond acceptors (Lipinski definition) is 4. The Balaban J connectivity index is 2.52. The first-order valence-corrected chi connectivity index (χ1v) is 8.86. The minimum absolute atomic E-state index is 0.182. The molecule has 0 aliphatic carbocycles. The van der Waals surface area contributed by atoms with E-state index in [0.29, 0.717) is 17.2 Å². The maximum Gasteiger partial charge on any atom is 0.240 e. The van der Waals surface area contributed by atoms with E-state index in [2.05, 4.69) is 4.72 Å². The Hall–Kier alpha value is -0.560. The summed E-state index contributed by atoms with van der Waals surface area (Å²) in [5.74, 6) is 1.56. The van der Waals surface area contributed by atoms with Gasteiger partial charge in [0, 0.05) is 18.9 Å². The predicted octanol–water partition coefficient (Wildman–Crippen LogP) is 1.70. The predicted molar refractivity (Wildman–Crippen MR) is 80.1 cm³/mol. The van der Waals surface area contributed by atoms with Crippen molar-refractivity contribution in [3.05, 3.63) is 29.3 Å². The first-order valence-electron chi connectivity index (χ1n) is 6.23. The number of rotatable bonds is 8. The van der Waals surface area contributed by atoms with E-state index in [1.165, 1.54) is 0 Å². The van der Waals surface area contributed by atoms with Crippen molar-refractivity contribution in [1.82, 2.24) is 4.72 Å². The summed E-state index contributed by atoms with van der Waals surface area (Å²) in [6, 6.07) is 5.31. The lowest BCUT2D eigenvalue weighted by Crippen LogP contribution is -2.26. The molecule has 0 heterocycles. The molecule has 0 aliphatic rings. The van der Waals surface area contributed by atoms with Crippen molar-refractivity contribution in [2.75, 3.05) is 24.7 Å². The van der Waals surface area contributed by atoms with Gasteiger partial charge in [-0.15, -0.1) is 0 Å². The van der Waals surface area contributed by atoms with Crippen LogP contribution in [0.3, 0.4) is 0 Å². The molecule has 2 N–H and O–H groups in total. The maximum atomic E-state index is 12.1. The van der Waals surface area contributed by atoms with Crippen molar-refractivity contribution in [2.45, 2.75) is 25.2 Å². The molecule has 0 spiro atoms. The second kappa shape index (κ2) is 7.89. The van der Waals surface area contributed by atoms with E-state index >= 15 is 0 Å². The van der Waals surface area contributed by atoms with Gasteiger partial charge < -0.3 is 5.11 Å². The van der Waals surface area contributed by atoms with Gasteiger partial charge in [-0.1, -0.05) is 17.7 Å². The molecule has 0 atom stereocenters. The molecule has 0 saturated heterocycles. The molecule has 1 aromatic rings. The standard InChI is InChI=1S/C13H21NO3S2/c1-11-4-5-13(12(2)10-11)19(16,17)14-6-9-18-8-3-7-15/h4-5,10,14-15H,3,6-9H2,1-2H3. The molecule has 0 unspecified atom stereocenters. The largest absolute Gasteiger partial charge is 0.396 e. The van der Waals surface area contributed by atoms with Gasteiger partial charge in [0.15, 0.2) is 0 Å². The van der Waals surface area contributed by atoms with Crippen LogP contribution in [-0.4, -0.2) is 38.2 Å². The second-order valence-electron chi connectivity index (χ2n) is 4.36. The fourth-order valence-corrected chi connectivity index (χ4v) is 3.86. The third kappa shape index (κ3) is 5.52. The zero-order valence-corrected chi connectivity index (χ0v) is 13.0. The number of nitrogens with one attached hydrogen (secondary N) is 1. The van der Waals surface area contributed by atoms with Crippen LogP contribution in [0.1, 0.15) is 17.5 Å². The van der Waals surface area contributed by atoms with Crippen molar-refractivity contribution in [1.29, 1.82) is 0 Å². The van der Waals surface area contributed by atoms with Crippen LogP contribution in [0.4, 0.5) is 0 Å². The Labute approximate surface area is 119 Å².